The van der Waals surface area contributed by atoms with Crippen molar-refractivity contribution >= 4 is 6.29 Å². The van der Waals surface area contributed by atoms with Crippen LogP contribution in [0.3, 0.4) is 0 Å². The molecule has 1 rings (SSSR count). The van der Waals surface area contributed by atoms with Crippen LogP contribution in [0, 0.1) is 5.82 Å². The molecule has 0 saturated carbocycles. The quantitative estimate of drug-likeness (QED) is 0.757. The monoisotopic (exact) mass is 204 g/mol. The summed E-state index contributed by atoms with van der Waals surface area (Å²) < 4.78 is 37.5. The fourth-order valence-corrected chi connectivity index (χ4v) is 1.07. The van der Waals surface area contributed by atoms with E-state index in [1.807, 2.05) is 0 Å². The Bertz CT molecular complexity index is 355. The third kappa shape index (κ3) is 1.74. The van der Waals surface area contributed by atoms with Crippen molar-refractivity contribution in [1.29, 1.82) is 0 Å². The van der Waals surface area contributed by atoms with Gasteiger partial charge in [-0.15, -0.1) is 0 Å². The number of rotatable bonds is 3. The summed E-state index contributed by atoms with van der Waals surface area (Å²) in [7, 11) is 0. The average Bonchev–Trinajstić information content (AvgIpc) is 2.16. The van der Waals surface area contributed by atoms with E-state index in [-0.39, 0.29) is 18.4 Å². The predicted octanol–water partition coefficient (Wildman–Crippen LogP) is 1.43. The standard InChI is InChI=1S/C8H7F3N2O/c9-6-2-13-7(8(10)11)5(3-14)4(6)1-12/h2-3,8H,1,12H2. The molecular weight excluding hydrogens is 197 g/mol. The van der Waals surface area contributed by atoms with Crippen LogP contribution in [0.15, 0.2) is 6.20 Å². The zero-order chi connectivity index (χ0) is 10.7. The van der Waals surface area contributed by atoms with Crippen LogP contribution in [0.2, 0.25) is 0 Å². The number of alkyl halides is 2. The molecule has 14 heavy (non-hydrogen) atoms. The van der Waals surface area contributed by atoms with E-state index < -0.39 is 23.5 Å². The summed E-state index contributed by atoms with van der Waals surface area (Å²) in [6.07, 6.45) is -2.14. The lowest BCUT2D eigenvalue weighted by Gasteiger charge is -2.07. The summed E-state index contributed by atoms with van der Waals surface area (Å²) in [4.78, 5) is 13.6. The Morgan fingerprint density at radius 3 is 2.64 bits per heavy atom. The first-order valence-electron chi connectivity index (χ1n) is 3.72. The third-order valence-corrected chi connectivity index (χ3v) is 1.74. The van der Waals surface area contributed by atoms with Crippen molar-refractivity contribution in [3.8, 4) is 0 Å². The summed E-state index contributed by atoms with van der Waals surface area (Å²) in [5.74, 6) is -0.848. The summed E-state index contributed by atoms with van der Waals surface area (Å²) >= 11 is 0. The van der Waals surface area contributed by atoms with Gasteiger partial charge in [0.25, 0.3) is 6.43 Å². The molecule has 6 heteroatoms. The highest BCUT2D eigenvalue weighted by molar-refractivity contribution is 5.79. The fraction of sp³-hybridized carbons (Fsp3) is 0.250. The van der Waals surface area contributed by atoms with Gasteiger partial charge in [-0.2, -0.15) is 0 Å². The minimum absolute atomic E-state index is 0.139. The second-order valence-electron chi connectivity index (χ2n) is 2.51. The maximum Gasteiger partial charge on any atom is 0.281 e. The first kappa shape index (κ1) is 10.6. The number of aldehydes is 1. The summed E-state index contributed by atoms with van der Waals surface area (Å²) in [6.45, 7) is -0.317. The molecule has 3 nitrogen and oxygen atoms in total. The lowest BCUT2D eigenvalue weighted by Crippen LogP contribution is -2.09. The first-order valence-corrected chi connectivity index (χ1v) is 3.72. The van der Waals surface area contributed by atoms with Crippen LogP contribution in [0.1, 0.15) is 28.0 Å². The molecule has 0 aliphatic rings. The van der Waals surface area contributed by atoms with Crippen molar-refractivity contribution in [2.24, 2.45) is 5.73 Å². The predicted molar refractivity (Wildman–Crippen MR) is 42.4 cm³/mol. The highest BCUT2D eigenvalue weighted by Crippen LogP contribution is 2.23. The third-order valence-electron chi connectivity index (χ3n) is 1.74. The smallest absolute Gasteiger partial charge is 0.281 e. The van der Waals surface area contributed by atoms with Crippen molar-refractivity contribution in [1.82, 2.24) is 4.98 Å². The van der Waals surface area contributed by atoms with Gasteiger partial charge in [-0.05, 0) is 0 Å². The largest absolute Gasteiger partial charge is 0.326 e. The molecule has 2 N–H and O–H groups in total. The molecule has 0 saturated heterocycles. The molecular formula is C8H7F3N2O. The number of nitrogens with zero attached hydrogens (tertiary/aromatic N) is 1. The second kappa shape index (κ2) is 4.19. The zero-order valence-corrected chi connectivity index (χ0v) is 7.01. The van der Waals surface area contributed by atoms with Crippen LogP contribution in [0.25, 0.3) is 0 Å². The topological polar surface area (TPSA) is 56.0 Å². The minimum Gasteiger partial charge on any atom is -0.326 e. The molecule has 0 unspecified atom stereocenters. The van der Waals surface area contributed by atoms with E-state index in [4.69, 9.17) is 5.73 Å². The Morgan fingerprint density at radius 1 is 1.57 bits per heavy atom. The lowest BCUT2D eigenvalue weighted by molar-refractivity contribution is 0.110. The fourth-order valence-electron chi connectivity index (χ4n) is 1.07. The number of pyridine rings is 1. The van der Waals surface area contributed by atoms with E-state index in [0.29, 0.717) is 6.20 Å². The number of hydrogen-bond donors (Lipinski definition) is 1. The lowest BCUT2D eigenvalue weighted by atomic mass is 10.1. The number of aromatic nitrogens is 1. The van der Waals surface area contributed by atoms with Gasteiger partial charge in [0.05, 0.1) is 6.20 Å². The molecule has 0 aliphatic carbocycles. The van der Waals surface area contributed by atoms with Gasteiger partial charge in [0.15, 0.2) is 6.29 Å². The average molecular weight is 204 g/mol. The van der Waals surface area contributed by atoms with Gasteiger partial charge in [0, 0.05) is 17.7 Å². The molecule has 0 spiro atoms. The van der Waals surface area contributed by atoms with Gasteiger partial charge >= 0.3 is 0 Å². The molecule has 1 aromatic rings. The van der Waals surface area contributed by atoms with Crippen LogP contribution in [-0.4, -0.2) is 11.3 Å². The van der Waals surface area contributed by atoms with Gasteiger partial charge in [-0.3, -0.25) is 9.78 Å². The van der Waals surface area contributed by atoms with Gasteiger partial charge in [-0.25, -0.2) is 13.2 Å². The molecule has 0 amide bonds. The number of carbonyl (C=O) groups is 1. The van der Waals surface area contributed by atoms with Crippen molar-refractivity contribution in [2.45, 2.75) is 13.0 Å². The molecule has 0 atom stereocenters. The first-order chi connectivity index (χ1) is 6.61. The molecule has 1 heterocycles. The summed E-state index contributed by atoms with van der Waals surface area (Å²) in [5.41, 5.74) is 3.70. The van der Waals surface area contributed by atoms with Gasteiger partial charge in [0.2, 0.25) is 0 Å². The van der Waals surface area contributed by atoms with E-state index in [9.17, 15) is 18.0 Å². The normalized spacial score (nSPS) is 10.6. The van der Waals surface area contributed by atoms with E-state index in [0.717, 1.165) is 0 Å². The Balaban J connectivity index is 3.40. The SMILES string of the molecule is NCc1c(F)cnc(C(F)F)c1C=O. The van der Waals surface area contributed by atoms with Crippen molar-refractivity contribution < 1.29 is 18.0 Å². The maximum absolute atomic E-state index is 12.9. The molecule has 0 aliphatic heterocycles. The van der Waals surface area contributed by atoms with Gasteiger partial charge in [-0.1, -0.05) is 0 Å². The maximum atomic E-state index is 12.9. The van der Waals surface area contributed by atoms with Crippen LogP contribution in [0.5, 0.6) is 0 Å². The van der Waals surface area contributed by atoms with Crippen molar-refractivity contribution in [2.75, 3.05) is 0 Å². The molecule has 0 bridgehead atoms. The highest BCUT2D eigenvalue weighted by atomic mass is 19.3. The molecule has 0 fully saturated rings. The number of hydrogen-bond acceptors (Lipinski definition) is 3. The van der Waals surface area contributed by atoms with Crippen LogP contribution in [0.4, 0.5) is 13.2 Å². The van der Waals surface area contributed by atoms with Crippen LogP contribution in [-0.2, 0) is 6.54 Å². The highest BCUT2D eigenvalue weighted by Gasteiger charge is 2.19. The Morgan fingerprint density at radius 2 is 2.21 bits per heavy atom. The summed E-state index contributed by atoms with van der Waals surface area (Å²) in [5, 5.41) is 0. The zero-order valence-electron chi connectivity index (χ0n) is 7.01. The molecule has 76 valence electrons. The summed E-state index contributed by atoms with van der Waals surface area (Å²) in [6, 6.07) is 0. The Labute approximate surface area is 77.7 Å². The minimum atomic E-state index is -2.92. The van der Waals surface area contributed by atoms with Crippen LogP contribution >= 0.6 is 0 Å². The number of halogens is 3. The number of carbonyl (C=O) groups excluding carboxylic acids is 1. The molecule has 0 radical (unpaired) electrons. The van der Waals surface area contributed by atoms with Crippen LogP contribution < -0.4 is 5.73 Å². The van der Waals surface area contributed by atoms with Crippen molar-refractivity contribution in [3.63, 3.8) is 0 Å². The van der Waals surface area contributed by atoms with Crippen molar-refractivity contribution in [3.05, 3.63) is 28.8 Å². The molecule has 1 aromatic heterocycles. The van der Waals surface area contributed by atoms with Gasteiger partial charge < -0.3 is 5.73 Å². The number of nitrogens with two attached hydrogens (primary N) is 1. The molecule has 0 aromatic carbocycles. The second-order valence-corrected chi connectivity index (χ2v) is 2.51. The van der Waals surface area contributed by atoms with Gasteiger partial charge in [0.1, 0.15) is 11.5 Å². The Hall–Kier alpha value is -1.43. The van der Waals surface area contributed by atoms with E-state index in [1.54, 1.807) is 0 Å². The van der Waals surface area contributed by atoms with E-state index >= 15 is 0 Å². The van der Waals surface area contributed by atoms with E-state index in [2.05, 4.69) is 4.98 Å². The van der Waals surface area contributed by atoms with E-state index in [1.165, 1.54) is 0 Å². The Kier molecular flexibility index (Phi) is 3.19.